The maximum atomic E-state index is 5.53. The summed E-state index contributed by atoms with van der Waals surface area (Å²) in [4.78, 5) is 4.18. The van der Waals surface area contributed by atoms with Crippen molar-refractivity contribution >= 4 is 0 Å². The Balaban J connectivity index is 2.12. The van der Waals surface area contributed by atoms with Gasteiger partial charge in [-0.15, -0.1) is 0 Å². The fourth-order valence-electron chi connectivity index (χ4n) is 1.50. The summed E-state index contributed by atoms with van der Waals surface area (Å²) in [6.45, 7) is 3.52. The van der Waals surface area contributed by atoms with E-state index >= 15 is 0 Å². The molecule has 0 bridgehead atoms. The van der Waals surface area contributed by atoms with Crippen LogP contribution in [0, 0.1) is 0 Å². The summed E-state index contributed by atoms with van der Waals surface area (Å²) < 4.78 is 5.53. The van der Waals surface area contributed by atoms with Gasteiger partial charge in [0.1, 0.15) is 0 Å². The van der Waals surface area contributed by atoms with Gasteiger partial charge in [0.2, 0.25) is 5.88 Å². The molecule has 1 rings (SSSR count). The van der Waals surface area contributed by atoms with Crippen LogP contribution in [0.2, 0.25) is 0 Å². The van der Waals surface area contributed by atoms with Crippen LogP contribution in [0.1, 0.15) is 44.6 Å². The highest BCUT2D eigenvalue weighted by Crippen LogP contribution is 2.08. The van der Waals surface area contributed by atoms with Gasteiger partial charge in [-0.25, -0.2) is 4.98 Å². The Hall–Kier alpha value is -1.09. The van der Waals surface area contributed by atoms with E-state index in [2.05, 4.69) is 11.9 Å². The van der Waals surface area contributed by atoms with Gasteiger partial charge in [-0.05, 0) is 12.0 Å². The van der Waals surface area contributed by atoms with Crippen molar-refractivity contribution in [3.8, 4) is 5.88 Å². The van der Waals surface area contributed by atoms with Crippen molar-refractivity contribution in [2.75, 3.05) is 6.61 Å². The number of hydrogen-bond donors (Lipinski definition) is 1. The molecule has 3 nitrogen and oxygen atoms in total. The van der Waals surface area contributed by atoms with E-state index in [0.717, 1.165) is 18.6 Å². The lowest BCUT2D eigenvalue weighted by Gasteiger charge is -2.05. The lowest BCUT2D eigenvalue weighted by Crippen LogP contribution is -2.01. The van der Waals surface area contributed by atoms with Crippen LogP contribution in [0.25, 0.3) is 0 Å². The van der Waals surface area contributed by atoms with Crippen molar-refractivity contribution in [1.29, 1.82) is 0 Å². The Bertz CT molecular complexity index is 272. The topological polar surface area (TPSA) is 48.1 Å². The number of pyridine rings is 1. The van der Waals surface area contributed by atoms with E-state index in [0.29, 0.717) is 12.4 Å². The van der Waals surface area contributed by atoms with Gasteiger partial charge in [0.25, 0.3) is 0 Å². The molecule has 0 aliphatic carbocycles. The highest BCUT2D eigenvalue weighted by Gasteiger charge is 1.95. The highest BCUT2D eigenvalue weighted by atomic mass is 16.5. The second-order valence-corrected chi connectivity index (χ2v) is 3.97. The predicted octanol–water partition coefficient (Wildman–Crippen LogP) is 2.89. The summed E-state index contributed by atoms with van der Waals surface area (Å²) in [6, 6.07) is 3.84. The third kappa shape index (κ3) is 5.12. The molecule has 0 atom stereocenters. The molecular formula is C13H22N2O. The summed E-state index contributed by atoms with van der Waals surface area (Å²) in [5.74, 6) is 0.702. The molecule has 90 valence electrons. The molecule has 0 amide bonds. The first kappa shape index (κ1) is 13.0. The number of aromatic nitrogens is 1. The lowest BCUT2D eigenvalue weighted by atomic mass is 10.2. The molecule has 0 spiro atoms. The Morgan fingerprint density at radius 2 is 2.00 bits per heavy atom. The summed E-state index contributed by atoms with van der Waals surface area (Å²) in [7, 11) is 0. The number of nitrogens with zero attached hydrogens (tertiary/aromatic N) is 1. The second kappa shape index (κ2) is 8.11. The predicted molar refractivity (Wildman–Crippen MR) is 66.4 cm³/mol. The van der Waals surface area contributed by atoms with Crippen molar-refractivity contribution in [2.45, 2.75) is 45.6 Å². The molecule has 0 saturated heterocycles. The van der Waals surface area contributed by atoms with Crippen molar-refractivity contribution in [3.63, 3.8) is 0 Å². The van der Waals surface area contributed by atoms with Crippen molar-refractivity contribution in [3.05, 3.63) is 23.9 Å². The number of unbranched alkanes of at least 4 members (excludes halogenated alkanes) is 4. The fourth-order valence-corrected chi connectivity index (χ4v) is 1.50. The Morgan fingerprint density at radius 3 is 2.62 bits per heavy atom. The van der Waals surface area contributed by atoms with Gasteiger partial charge in [0.15, 0.2) is 0 Å². The minimum atomic E-state index is 0.532. The van der Waals surface area contributed by atoms with Crippen molar-refractivity contribution in [1.82, 2.24) is 4.98 Å². The molecular weight excluding hydrogens is 200 g/mol. The molecule has 1 aromatic rings. The van der Waals surface area contributed by atoms with Crippen LogP contribution in [0.5, 0.6) is 5.88 Å². The monoisotopic (exact) mass is 222 g/mol. The molecule has 0 unspecified atom stereocenters. The molecule has 0 fully saturated rings. The first-order valence-electron chi connectivity index (χ1n) is 6.14. The first-order chi connectivity index (χ1) is 7.86. The van der Waals surface area contributed by atoms with Gasteiger partial charge in [-0.2, -0.15) is 0 Å². The van der Waals surface area contributed by atoms with Crippen LogP contribution in [0.4, 0.5) is 0 Å². The zero-order chi connectivity index (χ0) is 11.6. The molecule has 1 heterocycles. The standard InChI is InChI=1S/C13H22N2O/c1-2-3-4-5-6-9-16-13-8-7-12(10-14)11-15-13/h7-8,11H,2-6,9-10,14H2,1H3. The lowest BCUT2D eigenvalue weighted by molar-refractivity contribution is 0.293. The number of rotatable bonds is 8. The van der Waals surface area contributed by atoms with Crippen molar-refractivity contribution < 1.29 is 4.74 Å². The Morgan fingerprint density at radius 1 is 1.19 bits per heavy atom. The average molecular weight is 222 g/mol. The van der Waals surface area contributed by atoms with Crippen LogP contribution in [0.15, 0.2) is 18.3 Å². The Kier molecular flexibility index (Phi) is 6.58. The van der Waals surface area contributed by atoms with Crippen LogP contribution in [-0.2, 0) is 6.54 Å². The number of hydrogen-bond acceptors (Lipinski definition) is 3. The van der Waals surface area contributed by atoms with Gasteiger partial charge in [-0.1, -0.05) is 38.7 Å². The second-order valence-electron chi connectivity index (χ2n) is 3.97. The van der Waals surface area contributed by atoms with Crippen LogP contribution >= 0.6 is 0 Å². The van der Waals surface area contributed by atoms with E-state index < -0.39 is 0 Å². The summed E-state index contributed by atoms with van der Waals surface area (Å²) >= 11 is 0. The molecule has 3 heteroatoms. The van der Waals surface area contributed by atoms with E-state index in [1.165, 1.54) is 25.7 Å². The molecule has 0 radical (unpaired) electrons. The van der Waals surface area contributed by atoms with Crippen LogP contribution in [0.3, 0.4) is 0 Å². The quantitative estimate of drug-likeness (QED) is 0.688. The summed E-state index contributed by atoms with van der Waals surface area (Å²) in [6.07, 6.45) is 8.03. The third-order valence-corrected chi connectivity index (χ3v) is 2.53. The molecule has 1 aromatic heterocycles. The summed E-state index contributed by atoms with van der Waals surface area (Å²) in [5, 5.41) is 0. The Labute approximate surface area is 98.0 Å². The number of nitrogens with two attached hydrogens (primary N) is 1. The highest BCUT2D eigenvalue weighted by molar-refractivity contribution is 5.17. The molecule has 0 aromatic carbocycles. The van der Waals surface area contributed by atoms with Crippen LogP contribution in [-0.4, -0.2) is 11.6 Å². The zero-order valence-corrected chi connectivity index (χ0v) is 10.1. The third-order valence-electron chi connectivity index (χ3n) is 2.53. The fraction of sp³-hybridized carbons (Fsp3) is 0.615. The van der Waals surface area contributed by atoms with Crippen molar-refractivity contribution in [2.24, 2.45) is 5.73 Å². The van der Waals surface area contributed by atoms with Gasteiger partial charge in [0.05, 0.1) is 6.61 Å². The normalized spacial score (nSPS) is 10.4. The van der Waals surface area contributed by atoms with E-state index in [-0.39, 0.29) is 0 Å². The van der Waals surface area contributed by atoms with E-state index in [9.17, 15) is 0 Å². The summed E-state index contributed by atoms with van der Waals surface area (Å²) in [5.41, 5.74) is 6.52. The molecule has 2 N–H and O–H groups in total. The van der Waals surface area contributed by atoms with Crippen LogP contribution < -0.4 is 10.5 Å². The van der Waals surface area contributed by atoms with Gasteiger partial charge >= 0.3 is 0 Å². The smallest absolute Gasteiger partial charge is 0.213 e. The maximum absolute atomic E-state index is 5.53. The van der Waals surface area contributed by atoms with E-state index in [1.807, 2.05) is 12.1 Å². The van der Waals surface area contributed by atoms with E-state index in [4.69, 9.17) is 10.5 Å². The average Bonchev–Trinajstić information content (AvgIpc) is 2.34. The van der Waals surface area contributed by atoms with Gasteiger partial charge in [0, 0.05) is 18.8 Å². The number of ether oxygens (including phenoxy) is 1. The zero-order valence-electron chi connectivity index (χ0n) is 10.1. The largest absolute Gasteiger partial charge is 0.478 e. The van der Waals surface area contributed by atoms with Gasteiger partial charge in [-0.3, -0.25) is 0 Å². The molecule has 0 aliphatic heterocycles. The molecule has 0 saturated carbocycles. The van der Waals surface area contributed by atoms with E-state index in [1.54, 1.807) is 6.20 Å². The first-order valence-corrected chi connectivity index (χ1v) is 6.14. The molecule has 0 aliphatic rings. The maximum Gasteiger partial charge on any atom is 0.213 e. The minimum absolute atomic E-state index is 0.532. The minimum Gasteiger partial charge on any atom is -0.478 e. The van der Waals surface area contributed by atoms with Gasteiger partial charge < -0.3 is 10.5 Å². The molecule has 16 heavy (non-hydrogen) atoms. The SMILES string of the molecule is CCCCCCCOc1ccc(CN)cn1.